The standard InChI is InChI=1S/C7H8F2N2O2/c1-12-5-2-4(13-11-5)6(10)3-7(6,8)9/h2H,3,10H2,1H3. The van der Waals surface area contributed by atoms with Gasteiger partial charge in [-0.05, 0) is 5.16 Å². The van der Waals surface area contributed by atoms with Gasteiger partial charge in [0.15, 0.2) is 5.76 Å². The van der Waals surface area contributed by atoms with E-state index in [4.69, 9.17) is 5.73 Å². The number of aromatic nitrogens is 1. The van der Waals surface area contributed by atoms with Crippen LogP contribution in [0.3, 0.4) is 0 Å². The van der Waals surface area contributed by atoms with E-state index in [0.717, 1.165) is 0 Å². The number of nitrogens with two attached hydrogens (primary N) is 1. The van der Waals surface area contributed by atoms with Crippen molar-refractivity contribution < 1.29 is 18.0 Å². The number of ether oxygens (including phenoxy) is 1. The van der Waals surface area contributed by atoms with Crippen LogP contribution in [0.1, 0.15) is 12.2 Å². The molecule has 6 heteroatoms. The van der Waals surface area contributed by atoms with Gasteiger partial charge in [0.1, 0.15) is 5.54 Å². The molecule has 2 rings (SSSR count). The largest absolute Gasteiger partial charge is 0.479 e. The van der Waals surface area contributed by atoms with Gasteiger partial charge >= 0.3 is 0 Å². The van der Waals surface area contributed by atoms with Crippen LogP contribution in [0.25, 0.3) is 0 Å². The highest BCUT2D eigenvalue weighted by molar-refractivity contribution is 5.30. The van der Waals surface area contributed by atoms with Gasteiger partial charge in [-0.2, -0.15) is 0 Å². The smallest absolute Gasteiger partial charge is 0.275 e. The van der Waals surface area contributed by atoms with Gasteiger partial charge in [0, 0.05) is 12.5 Å². The zero-order valence-corrected chi connectivity index (χ0v) is 6.88. The SMILES string of the molecule is COc1cc(C2(N)CC2(F)F)on1. The Morgan fingerprint density at radius 2 is 2.31 bits per heavy atom. The van der Waals surface area contributed by atoms with Crippen LogP contribution in [0, 0.1) is 0 Å². The maximum absolute atomic E-state index is 12.7. The molecule has 2 N–H and O–H groups in total. The Bertz CT molecular complexity index is 339. The molecule has 0 spiro atoms. The summed E-state index contributed by atoms with van der Waals surface area (Å²) in [5.74, 6) is -2.77. The van der Waals surface area contributed by atoms with Crippen molar-refractivity contribution in [3.05, 3.63) is 11.8 Å². The summed E-state index contributed by atoms with van der Waals surface area (Å²) in [7, 11) is 1.37. The molecule has 0 saturated heterocycles. The molecule has 13 heavy (non-hydrogen) atoms. The van der Waals surface area contributed by atoms with Gasteiger partial charge in [0.2, 0.25) is 0 Å². The molecule has 1 unspecified atom stereocenters. The van der Waals surface area contributed by atoms with Crippen LogP contribution in [-0.4, -0.2) is 18.2 Å². The minimum absolute atomic E-state index is 0.0330. The highest BCUT2D eigenvalue weighted by atomic mass is 19.3. The summed E-state index contributed by atoms with van der Waals surface area (Å²) in [6, 6.07) is 1.28. The Hall–Kier alpha value is -1.17. The Labute approximate surface area is 72.6 Å². The molecule has 1 atom stereocenters. The van der Waals surface area contributed by atoms with Crippen LogP contribution >= 0.6 is 0 Å². The van der Waals surface area contributed by atoms with Gasteiger partial charge in [-0.25, -0.2) is 8.78 Å². The van der Waals surface area contributed by atoms with E-state index in [-0.39, 0.29) is 11.6 Å². The minimum Gasteiger partial charge on any atom is -0.479 e. The van der Waals surface area contributed by atoms with E-state index in [9.17, 15) is 8.78 Å². The predicted octanol–water partition coefficient (Wildman–Crippen LogP) is 0.876. The number of alkyl halides is 2. The number of halogens is 2. The van der Waals surface area contributed by atoms with Crippen LogP contribution < -0.4 is 10.5 Å². The second-order valence-corrected chi connectivity index (χ2v) is 3.09. The van der Waals surface area contributed by atoms with Crippen molar-refractivity contribution in [1.29, 1.82) is 0 Å². The van der Waals surface area contributed by atoms with Crippen molar-refractivity contribution in [2.45, 2.75) is 17.9 Å². The van der Waals surface area contributed by atoms with E-state index in [0.29, 0.717) is 0 Å². The lowest BCUT2D eigenvalue weighted by molar-refractivity contribution is 0.0813. The van der Waals surface area contributed by atoms with Crippen LogP contribution in [0.5, 0.6) is 5.88 Å². The van der Waals surface area contributed by atoms with Gasteiger partial charge in [-0.3, -0.25) is 0 Å². The van der Waals surface area contributed by atoms with E-state index in [1.165, 1.54) is 13.2 Å². The van der Waals surface area contributed by atoms with Gasteiger partial charge in [0.05, 0.1) is 7.11 Å². The molecule has 1 heterocycles. The van der Waals surface area contributed by atoms with Crippen molar-refractivity contribution in [2.75, 3.05) is 7.11 Å². The highest BCUT2D eigenvalue weighted by Gasteiger charge is 2.72. The van der Waals surface area contributed by atoms with Crippen molar-refractivity contribution in [1.82, 2.24) is 5.16 Å². The Morgan fingerprint density at radius 1 is 1.69 bits per heavy atom. The Morgan fingerprint density at radius 3 is 2.69 bits per heavy atom. The Balaban J connectivity index is 2.28. The third-order valence-electron chi connectivity index (χ3n) is 2.17. The third-order valence-corrected chi connectivity index (χ3v) is 2.17. The number of nitrogens with zero attached hydrogens (tertiary/aromatic N) is 1. The fraction of sp³-hybridized carbons (Fsp3) is 0.571. The molecule has 72 valence electrons. The molecule has 1 aromatic heterocycles. The number of rotatable bonds is 2. The molecule has 1 aromatic rings. The van der Waals surface area contributed by atoms with Gasteiger partial charge < -0.3 is 15.0 Å². The monoisotopic (exact) mass is 190 g/mol. The van der Waals surface area contributed by atoms with Crippen molar-refractivity contribution >= 4 is 0 Å². The summed E-state index contributed by atoms with van der Waals surface area (Å²) < 4.78 is 34.8. The quantitative estimate of drug-likeness (QED) is 0.751. The molecule has 1 aliphatic carbocycles. The number of hydrogen-bond donors (Lipinski definition) is 1. The zero-order chi connectivity index (χ0) is 9.69. The first kappa shape index (κ1) is 8.43. The van der Waals surface area contributed by atoms with E-state index in [1.54, 1.807) is 0 Å². The molecule has 1 fully saturated rings. The zero-order valence-electron chi connectivity index (χ0n) is 6.88. The summed E-state index contributed by atoms with van der Waals surface area (Å²) in [5, 5.41) is 3.40. The molecule has 0 amide bonds. The van der Waals surface area contributed by atoms with Crippen LogP contribution in [0.15, 0.2) is 10.6 Å². The summed E-state index contributed by atoms with van der Waals surface area (Å²) >= 11 is 0. The van der Waals surface area contributed by atoms with E-state index >= 15 is 0 Å². The summed E-state index contributed by atoms with van der Waals surface area (Å²) in [4.78, 5) is 0. The van der Waals surface area contributed by atoms with E-state index in [2.05, 4.69) is 14.4 Å². The van der Waals surface area contributed by atoms with Crippen LogP contribution in [0.4, 0.5) is 8.78 Å². The lowest BCUT2D eigenvalue weighted by Crippen LogP contribution is -2.26. The highest BCUT2D eigenvalue weighted by Crippen LogP contribution is 2.57. The van der Waals surface area contributed by atoms with Crippen LogP contribution in [0.2, 0.25) is 0 Å². The molecule has 1 aliphatic rings. The first-order chi connectivity index (χ1) is 5.99. The normalized spacial score (nSPS) is 30.2. The maximum atomic E-state index is 12.7. The number of methoxy groups -OCH3 is 1. The fourth-order valence-corrected chi connectivity index (χ4v) is 1.14. The lowest BCUT2D eigenvalue weighted by Gasteiger charge is -2.03. The Kier molecular flexibility index (Phi) is 1.42. The molecule has 0 aromatic carbocycles. The van der Waals surface area contributed by atoms with E-state index < -0.39 is 17.9 Å². The van der Waals surface area contributed by atoms with Gasteiger partial charge in [-0.1, -0.05) is 0 Å². The number of hydrogen-bond acceptors (Lipinski definition) is 4. The average Bonchev–Trinajstić information content (AvgIpc) is 2.53. The summed E-state index contributed by atoms with van der Waals surface area (Å²) in [6.07, 6.45) is -0.404. The fourth-order valence-electron chi connectivity index (χ4n) is 1.14. The van der Waals surface area contributed by atoms with Crippen molar-refractivity contribution in [3.63, 3.8) is 0 Å². The minimum atomic E-state index is -2.89. The molecular weight excluding hydrogens is 182 g/mol. The molecular formula is C7H8F2N2O2. The second kappa shape index (κ2) is 2.20. The van der Waals surface area contributed by atoms with E-state index in [1.807, 2.05) is 0 Å². The molecule has 0 radical (unpaired) electrons. The average molecular weight is 190 g/mol. The van der Waals surface area contributed by atoms with Crippen LogP contribution in [-0.2, 0) is 5.54 Å². The van der Waals surface area contributed by atoms with Gasteiger partial charge in [-0.15, -0.1) is 0 Å². The predicted molar refractivity (Wildman–Crippen MR) is 38.5 cm³/mol. The molecule has 4 nitrogen and oxygen atoms in total. The second-order valence-electron chi connectivity index (χ2n) is 3.09. The van der Waals surface area contributed by atoms with Gasteiger partial charge in [0.25, 0.3) is 11.8 Å². The first-order valence-electron chi connectivity index (χ1n) is 3.67. The summed E-state index contributed by atoms with van der Waals surface area (Å²) in [6.45, 7) is 0. The topological polar surface area (TPSA) is 61.3 Å². The first-order valence-corrected chi connectivity index (χ1v) is 3.67. The van der Waals surface area contributed by atoms with Crippen molar-refractivity contribution in [3.8, 4) is 5.88 Å². The maximum Gasteiger partial charge on any atom is 0.275 e. The molecule has 1 saturated carbocycles. The third kappa shape index (κ3) is 1.02. The molecule has 0 bridgehead atoms. The van der Waals surface area contributed by atoms with Crippen molar-refractivity contribution in [2.24, 2.45) is 5.73 Å². The molecule has 0 aliphatic heterocycles. The lowest BCUT2D eigenvalue weighted by atomic mass is 10.2. The summed E-state index contributed by atoms with van der Waals surface area (Å²) in [5.41, 5.74) is 3.69.